The van der Waals surface area contributed by atoms with Crippen molar-refractivity contribution >= 4 is 23.2 Å². The van der Waals surface area contributed by atoms with Gasteiger partial charge >= 0.3 is 6.18 Å². The minimum absolute atomic E-state index is 0.0313. The van der Waals surface area contributed by atoms with Gasteiger partial charge in [0.15, 0.2) is 6.10 Å². The molecule has 0 saturated carbocycles. The van der Waals surface area contributed by atoms with Gasteiger partial charge in [0.25, 0.3) is 0 Å². The molecule has 1 rings (SSSR count). The van der Waals surface area contributed by atoms with Gasteiger partial charge in [-0.05, 0) is 11.6 Å². The fourth-order valence-corrected chi connectivity index (χ4v) is 1.29. The predicted octanol–water partition coefficient (Wildman–Crippen LogP) is 2.85. The van der Waals surface area contributed by atoms with Crippen molar-refractivity contribution in [1.82, 2.24) is 4.98 Å². The third-order valence-electron chi connectivity index (χ3n) is 1.69. The van der Waals surface area contributed by atoms with Crippen molar-refractivity contribution in [1.29, 1.82) is 0 Å². The van der Waals surface area contributed by atoms with E-state index in [0.717, 1.165) is 6.20 Å². The molecule has 84 valence electrons. The number of hydrogen-bond donors (Lipinski definition) is 1. The molecule has 0 aromatic carbocycles. The highest BCUT2D eigenvalue weighted by molar-refractivity contribution is 6.32. The minimum Gasteiger partial charge on any atom is -0.383 e. The Morgan fingerprint density at radius 2 is 2.00 bits per heavy atom. The summed E-state index contributed by atoms with van der Waals surface area (Å²) >= 11 is 11.1. The number of hydrogen-bond acceptors (Lipinski definition) is 2. The van der Waals surface area contributed by atoms with Crippen LogP contribution in [0.5, 0.6) is 0 Å². The summed E-state index contributed by atoms with van der Waals surface area (Å²) in [7, 11) is 0. The second kappa shape index (κ2) is 4.55. The average molecular weight is 260 g/mol. The Morgan fingerprint density at radius 1 is 1.40 bits per heavy atom. The maximum Gasteiger partial charge on any atom is 0.414 e. The molecule has 0 spiro atoms. The molecule has 0 aliphatic rings. The lowest BCUT2D eigenvalue weighted by Gasteiger charge is -2.14. The van der Waals surface area contributed by atoms with E-state index in [4.69, 9.17) is 28.3 Å². The largest absolute Gasteiger partial charge is 0.414 e. The second-order valence-corrected chi connectivity index (χ2v) is 3.65. The van der Waals surface area contributed by atoms with Crippen LogP contribution in [0.1, 0.15) is 5.56 Å². The van der Waals surface area contributed by atoms with E-state index < -0.39 is 18.7 Å². The zero-order chi connectivity index (χ0) is 11.6. The van der Waals surface area contributed by atoms with E-state index in [-0.39, 0.29) is 15.7 Å². The molecule has 0 saturated heterocycles. The molecule has 1 heterocycles. The lowest BCUT2D eigenvalue weighted by Crippen LogP contribution is -2.30. The molecule has 1 aromatic heterocycles. The highest BCUT2D eigenvalue weighted by atomic mass is 35.5. The van der Waals surface area contributed by atoms with Gasteiger partial charge in [0.05, 0.1) is 5.02 Å². The molecule has 0 bridgehead atoms. The first-order valence-electron chi connectivity index (χ1n) is 3.85. The summed E-state index contributed by atoms with van der Waals surface area (Å²) in [5.74, 6) is 0. The van der Waals surface area contributed by atoms with Crippen molar-refractivity contribution < 1.29 is 18.3 Å². The monoisotopic (exact) mass is 259 g/mol. The summed E-state index contributed by atoms with van der Waals surface area (Å²) in [5.41, 5.74) is 0.112. The van der Waals surface area contributed by atoms with Crippen LogP contribution in [0.4, 0.5) is 13.2 Å². The Labute approximate surface area is 93.6 Å². The molecular formula is C8H6Cl2F3NO. The van der Waals surface area contributed by atoms with Crippen LogP contribution in [0.3, 0.4) is 0 Å². The van der Waals surface area contributed by atoms with Gasteiger partial charge in [-0.3, -0.25) is 0 Å². The lowest BCUT2D eigenvalue weighted by molar-refractivity contribution is -0.203. The number of aliphatic hydroxyl groups excluding tert-OH is 1. The Kier molecular flexibility index (Phi) is 3.81. The molecular weight excluding hydrogens is 254 g/mol. The fraction of sp³-hybridized carbons (Fsp3) is 0.375. The van der Waals surface area contributed by atoms with Gasteiger partial charge in [0.1, 0.15) is 5.15 Å². The van der Waals surface area contributed by atoms with Gasteiger partial charge in [0.2, 0.25) is 0 Å². The number of aliphatic hydroxyl groups is 1. The average Bonchev–Trinajstić information content (AvgIpc) is 2.09. The van der Waals surface area contributed by atoms with Gasteiger partial charge in [-0.15, -0.1) is 0 Å². The van der Waals surface area contributed by atoms with Crippen LogP contribution >= 0.6 is 23.2 Å². The smallest absolute Gasteiger partial charge is 0.383 e. The molecule has 0 radical (unpaired) electrons. The number of rotatable bonds is 2. The fourth-order valence-electron chi connectivity index (χ4n) is 0.932. The highest BCUT2D eigenvalue weighted by Gasteiger charge is 2.38. The molecule has 2 nitrogen and oxygen atoms in total. The van der Waals surface area contributed by atoms with Crippen molar-refractivity contribution in [2.45, 2.75) is 18.7 Å². The van der Waals surface area contributed by atoms with E-state index >= 15 is 0 Å². The van der Waals surface area contributed by atoms with Gasteiger partial charge in [0, 0.05) is 12.6 Å². The van der Waals surface area contributed by atoms with Crippen LogP contribution in [-0.2, 0) is 6.42 Å². The van der Waals surface area contributed by atoms with Crippen LogP contribution in [0.2, 0.25) is 10.2 Å². The lowest BCUT2D eigenvalue weighted by atomic mass is 10.1. The quantitative estimate of drug-likeness (QED) is 0.829. The van der Waals surface area contributed by atoms with Crippen LogP contribution in [0.15, 0.2) is 12.3 Å². The normalized spacial score (nSPS) is 14.0. The third kappa shape index (κ3) is 3.52. The summed E-state index contributed by atoms with van der Waals surface area (Å²) in [6.45, 7) is 0. The molecule has 1 aromatic rings. The van der Waals surface area contributed by atoms with Crippen molar-refractivity contribution in [2.24, 2.45) is 0 Å². The molecule has 0 aliphatic heterocycles. The molecule has 1 unspecified atom stereocenters. The second-order valence-electron chi connectivity index (χ2n) is 2.86. The molecule has 0 fully saturated rings. The van der Waals surface area contributed by atoms with E-state index in [1.807, 2.05) is 0 Å². The molecule has 15 heavy (non-hydrogen) atoms. The van der Waals surface area contributed by atoms with Gasteiger partial charge in [-0.2, -0.15) is 13.2 Å². The number of alkyl halides is 3. The standard InChI is InChI=1S/C8H6Cl2F3NO/c9-5-3-14-7(10)2-4(5)1-6(15)8(11,12)13/h2-3,6,15H,1H2. The Hall–Kier alpha value is -0.520. The predicted molar refractivity (Wildman–Crippen MR) is 50.0 cm³/mol. The van der Waals surface area contributed by atoms with Crippen LogP contribution < -0.4 is 0 Å². The van der Waals surface area contributed by atoms with Crippen LogP contribution in [0, 0.1) is 0 Å². The highest BCUT2D eigenvalue weighted by Crippen LogP contribution is 2.26. The summed E-state index contributed by atoms with van der Waals surface area (Å²) in [4.78, 5) is 3.58. The molecule has 1 N–H and O–H groups in total. The van der Waals surface area contributed by atoms with E-state index in [1.54, 1.807) is 0 Å². The SMILES string of the molecule is OC(Cc1cc(Cl)ncc1Cl)C(F)(F)F. The van der Waals surface area contributed by atoms with E-state index in [2.05, 4.69) is 4.98 Å². The molecule has 0 amide bonds. The zero-order valence-electron chi connectivity index (χ0n) is 7.22. The Bertz CT molecular complexity index is 356. The number of pyridine rings is 1. The van der Waals surface area contributed by atoms with Crippen LogP contribution in [-0.4, -0.2) is 22.4 Å². The molecule has 0 aliphatic carbocycles. The van der Waals surface area contributed by atoms with Gasteiger partial charge < -0.3 is 5.11 Å². The van der Waals surface area contributed by atoms with Crippen molar-refractivity contribution in [3.05, 3.63) is 28.0 Å². The Morgan fingerprint density at radius 3 is 2.53 bits per heavy atom. The van der Waals surface area contributed by atoms with E-state index in [0.29, 0.717) is 0 Å². The number of halogens is 5. The molecule has 7 heteroatoms. The van der Waals surface area contributed by atoms with E-state index in [9.17, 15) is 13.2 Å². The van der Waals surface area contributed by atoms with Crippen molar-refractivity contribution in [3.8, 4) is 0 Å². The maximum atomic E-state index is 12.0. The van der Waals surface area contributed by atoms with Gasteiger partial charge in [-0.25, -0.2) is 4.98 Å². The summed E-state index contributed by atoms with van der Waals surface area (Å²) in [6, 6.07) is 1.19. The topological polar surface area (TPSA) is 33.1 Å². The summed E-state index contributed by atoms with van der Waals surface area (Å²) in [6.07, 6.45) is -6.61. The number of nitrogens with zero attached hydrogens (tertiary/aromatic N) is 1. The molecule has 1 atom stereocenters. The first-order valence-corrected chi connectivity index (χ1v) is 4.61. The maximum absolute atomic E-state index is 12.0. The third-order valence-corrected chi connectivity index (χ3v) is 2.24. The van der Waals surface area contributed by atoms with Crippen LogP contribution in [0.25, 0.3) is 0 Å². The minimum atomic E-state index is -4.67. The van der Waals surface area contributed by atoms with Crippen molar-refractivity contribution in [3.63, 3.8) is 0 Å². The first kappa shape index (κ1) is 12.5. The first-order chi connectivity index (χ1) is 6.80. The zero-order valence-corrected chi connectivity index (χ0v) is 8.74. The summed E-state index contributed by atoms with van der Waals surface area (Å²) < 4.78 is 36.1. The Balaban J connectivity index is 2.85. The van der Waals surface area contributed by atoms with Crippen molar-refractivity contribution in [2.75, 3.05) is 0 Å². The van der Waals surface area contributed by atoms with Gasteiger partial charge in [-0.1, -0.05) is 23.2 Å². The number of aromatic nitrogens is 1. The van der Waals surface area contributed by atoms with E-state index in [1.165, 1.54) is 6.07 Å². The summed E-state index contributed by atoms with van der Waals surface area (Å²) in [5, 5.41) is 8.88.